The maximum absolute atomic E-state index is 14.4. The summed E-state index contributed by atoms with van der Waals surface area (Å²) in [5.41, 5.74) is 2.92. The van der Waals surface area contributed by atoms with Crippen LogP contribution in [0.4, 0.5) is 23.4 Å². The Morgan fingerprint density at radius 1 is 1.02 bits per heavy atom. The van der Waals surface area contributed by atoms with Gasteiger partial charge < -0.3 is 24.4 Å². The fourth-order valence-corrected chi connectivity index (χ4v) is 6.49. The Morgan fingerprint density at radius 2 is 1.77 bits per heavy atom. The van der Waals surface area contributed by atoms with Crippen molar-refractivity contribution < 1.29 is 41.4 Å². The highest BCUT2D eigenvalue weighted by Gasteiger charge is 2.41. The van der Waals surface area contributed by atoms with Crippen LogP contribution in [0.25, 0.3) is 11.1 Å². The topological polar surface area (TPSA) is 111 Å². The average Bonchev–Trinajstić information content (AvgIpc) is 3.46. The number of anilines is 1. The highest BCUT2D eigenvalue weighted by molar-refractivity contribution is 5.96. The first-order valence-corrected chi connectivity index (χ1v) is 17.0. The maximum Gasteiger partial charge on any atom is 0.491 e. The van der Waals surface area contributed by atoms with E-state index in [0.717, 1.165) is 49.5 Å². The van der Waals surface area contributed by atoms with E-state index in [-0.39, 0.29) is 29.3 Å². The summed E-state index contributed by atoms with van der Waals surface area (Å²) in [4.78, 5) is 33.4. The van der Waals surface area contributed by atoms with Gasteiger partial charge in [-0.3, -0.25) is 14.4 Å². The molecule has 0 spiro atoms. The summed E-state index contributed by atoms with van der Waals surface area (Å²) in [6, 6.07) is 14.4. The van der Waals surface area contributed by atoms with Gasteiger partial charge in [0.2, 0.25) is 5.88 Å². The molecular weight excluding hydrogens is 684 g/mol. The second-order valence-electron chi connectivity index (χ2n) is 13.1. The second kappa shape index (κ2) is 15.7. The molecule has 2 fully saturated rings. The Balaban J connectivity index is 1.17. The van der Waals surface area contributed by atoms with Crippen LogP contribution in [-0.4, -0.2) is 83.2 Å². The molecule has 1 aliphatic carbocycles. The normalized spacial score (nSPS) is 18.1. The number of amides is 1. The zero-order valence-electron chi connectivity index (χ0n) is 29.1. The second-order valence-corrected chi connectivity index (χ2v) is 13.1. The van der Waals surface area contributed by atoms with Gasteiger partial charge in [-0.25, -0.2) is 14.2 Å². The van der Waals surface area contributed by atoms with E-state index in [9.17, 15) is 27.2 Å². The molecule has 276 valence electrons. The first kappa shape index (κ1) is 36.8. The number of morpholine rings is 1. The van der Waals surface area contributed by atoms with Gasteiger partial charge in [0, 0.05) is 57.6 Å². The molecule has 1 saturated carbocycles. The van der Waals surface area contributed by atoms with E-state index >= 15 is 0 Å². The number of hydrogen-bond acceptors (Lipinski definition) is 9. The quantitative estimate of drug-likeness (QED) is 0.116. The number of alkyl halides is 3. The van der Waals surface area contributed by atoms with Gasteiger partial charge in [-0.05, 0) is 79.6 Å². The van der Waals surface area contributed by atoms with Crippen LogP contribution in [-0.2, 0) is 23.1 Å². The van der Waals surface area contributed by atoms with Crippen molar-refractivity contribution in [2.75, 3.05) is 38.3 Å². The van der Waals surface area contributed by atoms with Crippen molar-refractivity contribution in [3.8, 4) is 28.5 Å². The molecule has 0 unspecified atom stereocenters. The van der Waals surface area contributed by atoms with E-state index in [4.69, 9.17) is 9.47 Å². The molecule has 2 aromatic carbocycles. The maximum atomic E-state index is 14.4. The Labute approximate surface area is 298 Å². The van der Waals surface area contributed by atoms with E-state index in [0.29, 0.717) is 55.3 Å². The number of benzene rings is 2. The first-order valence-electron chi connectivity index (χ1n) is 17.0. The molecule has 15 heteroatoms. The lowest BCUT2D eigenvalue weighted by Gasteiger charge is -2.35. The number of nitrogens with one attached hydrogen (secondary N) is 1. The predicted octanol–water partition coefficient (Wildman–Crippen LogP) is 6.20. The van der Waals surface area contributed by atoms with Crippen LogP contribution in [0.1, 0.15) is 47.3 Å². The van der Waals surface area contributed by atoms with Crippen LogP contribution >= 0.6 is 0 Å². The highest BCUT2D eigenvalue weighted by Crippen LogP contribution is 2.34. The van der Waals surface area contributed by atoms with Crippen LogP contribution in [0.3, 0.4) is 0 Å². The number of pyridine rings is 1. The van der Waals surface area contributed by atoms with Gasteiger partial charge in [-0.2, -0.15) is 18.3 Å². The number of carbonyl (C=O) groups excluding carboxylic acids is 2. The first-order chi connectivity index (χ1) is 24.8. The number of aromatic nitrogens is 3. The molecule has 0 bridgehead atoms. The Kier molecular flexibility index (Phi) is 11.1. The molecule has 3 heterocycles. The van der Waals surface area contributed by atoms with E-state index in [2.05, 4.69) is 29.9 Å². The number of hydrogen-bond donors (Lipinski definition) is 1. The predicted molar refractivity (Wildman–Crippen MR) is 184 cm³/mol. The van der Waals surface area contributed by atoms with Gasteiger partial charge in [0.05, 0.1) is 19.4 Å². The van der Waals surface area contributed by atoms with E-state index in [1.807, 2.05) is 31.8 Å². The lowest BCUT2D eigenvalue weighted by molar-refractivity contribution is -0.189. The fourth-order valence-electron chi connectivity index (χ4n) is 6.49. The summed E-state index contributed by atoms with van der Waals surface area (Å²) in [6.45, 7) is 4.59. The summed E-state index contributed by atoms with van der Waals surface area (Å²) >= 11 is 0. The summed E-state index contributed by atoms with van der Waals surface area (Å²) < 4.78 is 71.2. The molecule has 1 saturated heterocycles. The smallest absolute Gasteiger partial charge is 0.438 e. The third kappa shape index (κ3) is 8.88. The molecule has 2 aliphatic rings. The van der Waals surface area contributed by atoms with Gasteiger partial charge in [0.1, 0.15) is 22.9 Å². The minimum atomic E-state index is -5.14. The van der Waals surface area contributed by atoms with Crippen LogP contribution in [0.2, 0.25) is 0 Å². The fraction of sp³-hybridized carbons (Fsp3) is 0.405. The van der Waals surface area contributed by atoms with Gasteiger partial charge in [0.15, 0.2) is 5.82 Å². The molecule has 0 atom stereocenters. The van der Waals surface area contributed by atoms with Crippen LogP contribution in [0, 0.1) is 12.7 Å². The SMILES string of the molecule is Cc1cc(N(C)C2CCC(NC(=O)c3cc(F)cnc3Oc3cccc(-c4ccc(OC(=O)C(F)(F)F)cc4CN4CCOCC4)c3)CC2)nn1C. The third-order valence-corrected chi connectivity index (χ3v) is 9.48. The van der Waals surface area contributed by atoms with E-state index < -0.39 is 23.9 Å². The zero-order chi connectivity index (χ0) is 37.0. The third-order valence-electron chi connectivity index (χ3n) is 9.48. The lowest BCUT2D eigenvalue weighted by Crippen LogP contribution is -2.43. The Hall–Kier alpha value is -5.02. The molecule has 11 nitrogen and oxygen atoms in total. The van der Waals surface area contributed by atoms with E-state index in [1.54, 1.807) is 30.3 Å². The molecule has 1 aliphatic heterocycles. The summed E-state index contributed by atoms with van der Waals surface area (Å²) in [6.07, 6.45) is -1.03. The Bertz CT molecular complexity index is 1880. The van der Waals surface area contributed by atoms with Gasteiger partial charge in [0.25, 0.3) is 5.91 Å². The largest absolute Gasteiger partial charge is 0.491 e. The van der Waals surface area contributed by atoms with Crippen LogP contribution in [0.15, 0.2) is 60.8 Å². The van der Waals surface area contributed by atoms with Crippen molar-refractivity contribution in [2.24, 2.45) is 7.05 Å². The lowest BCUT2D eigenvalue weighted by atomic mass is 9.90. The Morgan fingerprint density at radius 3 is 2.46 bits per heavy atom. The van der Waals surface area contributed by atoms with Crippen molar-refractivity contribution in [3.63, 3.8) is 0 Å². The molecule has 6 rings (SSSR count). The monoisotopic (exact) mass is 724 g/mol. The molecule has 4 aromatic rings. The van der Waals surface area contributed by atoms with Crippen molar-refractivity contribution in [1.29, 1.82) is 0 Å². The van der Waals surface area contributed by atoms with Crippen LogP contribution < -0.4 is 19.7 Å². The molecule has 52 heavy (non-hydrogen) atoms. The van der Waals surface area contributed by atoms with Gasteiger partial charge >= 0.3 is 12.1 Å². The summed E-state index contributed by atoms with van der Waals surface area (Å²) in [5.74, 6) is -2.64. The van der Waals surface area contributed by atoms with Gasteiger partial charge in [-0.1, -0.05) is 18.2 Å². The van der Waals surface area contributed by atoms with Crippen molar-refractivity contribution in [1.82, 2.24) is 25.0 Å². The number of halogens is 4. The molecule has 2 aromatic heterocycles. The number of aryl methyl sites for hydroxylation is 2. The number of nitrogens with zero attached hydrogens (tertiary/aromatic N) is 5. The standard InChI is InChI=1S/C37H40F4N6O5/c1-23-17-33(44-46(23)3)45(2)28-9-7-27(8-10-28)43-34(48)32-20-26(38)21-42-35(32)51-29-6-4-5-24(18-29)31-12-11-30(52-36(49)37(39,40)41)19-25(31)22-47-13-15-50-16-14-47/h4-6,11-12,17-21,27-28H,7-10,13-16,22H2,1-3H3,(H,43,48). The van der Waals surface area contributed by atoms with E-state index in [1.165, 1.54) is 12.1 Å². The summed E-state index contributed by atoms with van der Waals surface area (Å²) in [5, 5.41) is 7.60. The number of rotatable bonds is 10. The molecule has 1 amide bonds. The minimum absolute atomic E-state index is 0.0579. The summed E-state index contributed by atoms with van der Waals surface area (Å²) in [7, 11) is 3.93. The molecule has 0 radical (unpaired) electrons. The molecular formula is C37H40F4N6O5. The number of esters is 1. The number of ether oxygens (including phenoxy) is 3. The van der Waals surface area contributed by atoms with Gasteiger partial charge in [-0.15, -0.1) is 0 Å². The average molecular weight is 725 g/mol. The zero-order valence-corrected chi connectivity index (χ0v) is 29.1. The van der Waals surface area contributed by atoms with Crippen molar-refractivity contribution in [3.05, 3.63) is 83.4 Å². The minimum Gasteiger partial charge on any atom is -0.438 e. The molecule has 1 N–H and O–H groups in total. The highest BCUT2D eigenvalue weighted by atomic mass is 19.4. The van der Waals surface area contributed by atoms with Crippen LogP contribution in [0.5, 0.6) is 17.4 Å². The van der Waals surface area contributed by atoms with Crippen molar-refractivity contribution >= 4 is 17.7 Å². The number of carbonyl (C=O) groups is 2. The van der Waals surface area contributed by atoms with Crippen molar-refractivity contribution in [2.45, 2.75) is 57.4 Å².